The molecule has 0 saturated carbocycles. The molecule has 2 N–H and O–H groups in total. The van der Waals surface area contributed by atoms with Crippen molar-refractivity contribution in [3.8, 4) is 0 Å². The van der Waals surface area contributed by atoms with Gasteiger partial charge in [0, 0.05) is 0 Å². The van der Waals surface area contributed by atoms with Gasteiger partial charge in [0.2, 0.25) is 24.9 Å². The first-order valence-corrected chi connectivity index (χ1v) is 10.4. The van der Waals surface area contributed by atoms with Crippen molar-refractivity contribution in [1.29, 1.82) is 0 Å². The van der Waals surface area contributed by atoms with Gasteiger partial charge in [-0.2, -0.15) is 9.50 Å². The molecule has 2 aromatic rings. The number of aromatic nitrogens is 3. The monoisotopic (exact) mass is 408 g/mol. The summed E-state index contributed by atoms with van der Waals surface area (Å²) in [5, 5.41) is 3.99. The highest BCUT2D eigenvalue weighted by molar-refractivity contribution is 7.93. The summed E-state index contributed by atoms with van der Waals surface area (Å²) in [5.41, 5.74) is 5.97. The molecule has 0 spiro atoms. The maximum absolute atomic E-state index is 12.4. The van der Waals surface area contributed by atoms with Gasteiger partial charge < -0.3 is 10.5 Å². The van der Waals surface area contributed by atoms with Crippen LogP contribution in [0.25, 0.3) is 11.0 Å². The number of carbonyl (C=O) groups is 1. The Morgan fingerprint density at radius 1 is 1.30 bits per heavy atom. The molecule has 11 heteroatoms. The van der Waals surface area contributed by atoms with E-state index in [4.69, 9.17) is 10.5 Å². The number of hydrogen-bond acceptors (Lipinski definition) is 9. The Balaban J connectivity index is 2.14. The summed E-state index contributed by atoms with van der Waals surface area (Å²) in [6.45, 7) is 3.57. The van der Waals surface area contributed by atoms with Crippen LogP contribution in [0.2, 0.25) is 0 Å². The van der Waals surface area contributed by atoms with Gasteiger partial charge in [-0.1, -0.05) is 24.3 Å². The van der Waals surface area contributed by atoms with E-state index in [0.717, 1.165) is 15.9 Å². The maximum atomic E-state index is 12.4. The predicted molar refractivity (Wildman–Crippen MR) is 101 cm³/mol. The number of carbonyl (C=O) groups excluding carboxylic acids is 1. The molecule has 2 aromatic heterocycles. The van der Waals surface area contributed by atoms with E-state index in [1.807, 2.05) is 0 Å². The van der Waals surface area contributed by atoms with E-state index in [1.54, 1.807) is 6.92 Å². The summed E-state index contributed by atoms with van der Waals surface area (Å²) in [6, 6.07) is 0. The van der Waals surface area contributed by atoms with Gasteiger partial charge in [0.05, 0.1) is 17.9 Å². The van der Waals surface area contributed by atoms with E-state index in [2.05, 4.69) is 10.1 Å². The quantitative estimate of drug-likeness (QED) is 0.773. The molecule has 0 bridgehead atoms. The van der Waals surface area contributed by atoms with Crippen molar-refractivity contribution in [3.05, 3.63) is 45.5 Å². The lowest BCUT2D eigenvalue weighted by Crippen LogP contribution is -2.17. The highest BCUT2D eigenvalue weighted by Gasteiger charge is 2.21. The fourth-order valence-electron chi connectivity index (χ4n) is 2.30. The molecule has 142 valence electrons. The van der Waals surface area contributed by atoms with Crippen molar-refractivity contribution in [3.63, 3.8) is 0 Å². The summed E-state index contributed by atoms with van der Waals surface area (Å²) in [5.74, 6) is -0.286. The lowest BCUT2D eigenvalue weighted by atomic mass is 10.0. The molecule has 3 rings (SSSR count). The van der Waals surface area contributed by atoms with Gasteiger partial charge in [-0.05, 0) is 30.7 Å². The van der Waals surface area contributed by atoms with E-state index in [-0.39, 0.29) is 38.0 Å². The third kappa shape index (κ3) is 3.55. The molecule has 0 unspecified atom stereocenters. The molecule has 0 aromatic carbocycles. The number of sulfone groups is 1. The van der Waals surface area contributed by atoms with Crippen molar-refractivity contribution >= 4 is 43.8 Å². The van der Waals surface area contributed by atoms with Crippen LogP contribution >= 0.6 is 11.3 Å². The van der Waals surface area contributed by atoms with Crippen LogP contribution in [-0.4, -0.2) is 41.2 Å². The van der Waals surface area contributed by atoms with E-state index in [9.17, 15) is 18.0 Å². The highest BCUT2D eigenvalue weighted by atomic mass is 32.2. The summed E-state index contributed by atoms with van der Waals surface area (Å²) >= 11 is 0.781. The Kier molecular flexibility index (Phi) is 4.98. The summed E-state index contributed by atoms with van der Waals surface area (Å²) in [7, 11) is -3.55. The third-order valence-corrected chi connectivity index (χ3v) is 6.79. The molecule has 0 amide bonds. The van der Waals surface area contributed by atoms with Gasteiger partial charge in [-0.15, -0.1) is 5.10 Å². The van der Waals surface area contributed by atoms with Crippen molar-refractivity contribution < 1.29 is 17.9 Å². The minimum absolute atomic E-state index is 0.0389. The Morgan fingerprint density at radius 2 is 2.04 bits per heavy atom. The van der Waals surface area contributed by atoms with Crippen LogP contribution in [0.15, 0.2) is 38.7 Å². The average Bonchev–Trinajstić information content (AvgIpc) is 3.06. The number of allylic oxidation sites excluding steroid dienone is 4. The van der Waals surface area contributed by atoms with E-state index in [0.29, 0.717) is 12.2 Å². The zero-order chi connectivity index (χ0) is 19.8. The number of nitrogen functional groups attached to an aromatic ring is 1. The molecular weight excluding hydrogens is 392 g/mol. The van der Waals surface area contributed by atoms with Gasteiger partial charge in [-0.25, -0.2) is 8.42 Å². The largest absolute Gasteiger partial charge is 0.490 e. The number of hydrogen-bond donors (Lipinski definition) is 1. The Bertz CT molecular complexity index is 1190. The number of nitrogens with zero attached hydrogens (tertiary/aromatic N) is 3. The number of nitrogens with two attached hydrogens (primary N) is 1. The van der Waals surface area contributed by atoms with Crippen molar-refractivity contribution in [2.45, 2.75) is 18.2 Å². The molecule has 0 fully saturated rings. The molecule has 0 radical (unpaired) electrons. The standard InChI is InChI=1S/C16H16N4O5S2/c1-3-25-12-8-9(5-6-11(12)21)7-10-13(17)20-15(18-14(10)22)26-16(19-20)27(23,24)4-2/h5-8H,3-4,17H2,1-2H3. The van der Waals surface area contributed by atoms with Crippen LogP contribution in [0.1, 0.15) is 19.4 Å². The molecule has 0 atom stereocenters. The number of ketones is 1. The normalized spacial score (nSPS) is 16.1. The maximum Gasteiger partial charge on any atom is 0.283 e. The molecule has 27 heavy (non-hydrogen) atoms. The average molecular weight is 408 g/mol. The Hall–Kier alpha value is -2.79. The van der Waals surface area contributed by atoms with Crippen LogP contribution in [0, 0.1) is 0 Å². The van der Waals surface area contributed by atoms with E-state index >= 15 is 0 Å². The van der Waals surface area contributed by atoms with Gasteiger partial charge in [0.15, 0.2) is 5.76 Å². The molecule has 2 heterocycles. The van der Waals surface area contributed by atoms with Crippen LogP contribution in [-0.2, 0) is 19.4 Å². The van der Waals surface area contributed by atoms with Gasteiger partial charge >= 0.3 is 0 Å². The minimum atomic E-state index is -3.55. The zero-order valence-electron chi connectivity index (χ0n) is 14.5. The van der Waals surface area contributed by atoms with Crippen LogP contribution in [0.4, 0.5) is 5.82 Å². The lowest BCUT2D eigenvalue weighted by molar-refractivity contribution is -0.114. The SMILES string of the molecule is CCOC1=CC(=Cc2c(N)n3nc(S(=O)(=O)CC)sc3nc2=O)C=CC1=O. The molecule has 9 nitrogen and oxygen atoms in total. The summed E-state index contributed by atoms with van der Waals surface area (Å²) in [6.07, 6.45) is 5.79. The topological polar surface area (TPSA) is 134 Å². The van der Waals surface area contributed by atoms with Crippen molar-refractivity contribution in [1.82, 2.24) is 14.6 Å². The Morgan fingerprint density at radius 3 is 2.70 bits per heavy atom. The summed E-state index contributed by atoms with van der Waals surface area (Å²) < 4.78 is 30.3. The first kappa shape index (κ1) is 19.0. The van der Waals surface area contributed by atoms with Crippen molar-refractivity contribution in [2.24, 2.45) is 0 Å². The van der Waals surface area contributed by atoms with Gasteiger partial charge in [0.25, 0.3) is 5.56 Å². The first-order valence-electron chi connectivity index (χ1n) is 7.97. The smallest absolute Gasteiger partial charge is 0.283 e. The molecular formula is C16H16N4O5S2. The predicted octanol–water partition coefficient (Wildman–Crippen LogP) is 0.970. The van der Waals surface area contributed by atoms with E-state index in [1.165, 1.54) is 31.2 Å². The van der Waals surface area contributed by atoms with Crippen LogP contribution < -0.4 is 11.3 Å². The number of fused-ring (bicyclic) bond motifs is 1. The van der Waals surface area contributed by atoms with E-state index < -0.39 is 15.4 Å². The summed E-state index contributed by atoms with van der Waals surface area (Å²) in [4.78, 5) is 28.1. The second kappa shape index (κ2) is 7.08. The lowest BCUT2D eigenvalue weighted by Gasteiger charge is -2.10. The molecule has 0 aliphatic heterocycles. The molecule has 1 aliphatic rings. The zero-order valence-corrected chi connectivity index (χ0v) is 16.1. The molecule has 0 saturated heterocycles. The van der Waals surface area contributed by atoms with Crippen LogP contribution in [0.3, 0.4) is 0 Å². The minimum Gasteiger partial charge on any atom is -0.490 e. The highest BCUT2D eigenvalue weighted by Crippen LogP contribution is 2.23. The Labute approximate surface area is 158 Å². The number of ether oxygens (including phenoxy) is 1. The van der Waals surface area contributed by atoms with Crippen molar-refractivity contribution in [2.75, 3.05) is 18.1 Å². The second-order valence-corrected chi connectivity index (χ2v) is 8.87. The molecule has 1 aliphatic carbocycles. The number of rotatable bonds is 5. The third-order valence-electron chi connectivity index (χ3n) is 3.70. The fraction of sp³-hybridized carbons (Fsp3) is 0.250. The van der Waals surface area contributed by atoms with Gasteiger partial charge in [0.1, 0.15) is 5.82 Å². The van der Waals surface area contributed by atoms with Gasteiger partial charge in [-0.3, -0.25) is 9.59 Å². The fourth-order valence-corrected chi connectivity index (χ4v) is 4.47. The first-order chi connectivity index (χ1) is 12.8. The number of anilines is 1. The second-order valence-electron chi connectivity index (χ2n) is 5.47. The van der Waals surface area contributed by atoms with Crippen LogP contribution in [0.5, 0.6) is 0 Å².